The van der Waals surface area contributed by atoms with Crippen LogP contribution in [-0.4, -0.2) is 14.5 Å². The smallest absolute Gasteiger partial charge is 0.247 e. The van der Waals surface area contributed by atoms with E-state index in [1.54, 1.807) is 18.5 Å². The fourth-order valence-corrected chi connectivity index (χ4v) is 1.44. The molecule has 0 aliphatic rings. The first-order chi connectivity index (χ1) is 7.18. The van der Waals surface area contributed by atoms with Gasteiger partial charge in [-0.05, 0) is 5.56 Å². The number of aromatic nitrogens is 3. The number of aromatic amines is 1. The summed E-state index contributed by atoms with van der Waals surface area (Å²) in [7, 11) is 1.88. The molecule has 0 saturated heterocycles. The molecule has 0 aromatic carbocycles. The minimum atomic E-state index is -0.318. The van der Waals surface area contributed by atoms with E-state index in [1.165, 1.54) is 6.07 Å². The Kier molecular flexibility index (Phi) is 2.39. The molecule has 5 nitrogen and oxygen atoms in total. The standard InChI is InChI=1S/C10H12N4O/c1-14-5-4-12-10(14)9(11)7-2-3-8(15)13-6-7/h2-6,9H,11H2,1H3,(H,13,15). The molecule has 1 unspecified atom stereocenters. The summed E-state index contributed by atoms with van der Waals surface area (Å²) in [4.78, 5) is 17.6. The summed E-state index contributed by atoms with van der Waals surface area (Å²) in [6, 6.07) is 2.85. The van der Waals surface area contributed by atoms with Crippen molar-refractivity contribution in [3.63, 3.8) is 0 Å². The van der Waals surface area contributed by atoms with E-state index in [0.29, 0.717) is 0 Å². The van der Waals surface area contributed by atoms with Crippen LogP contribution in [0.25, 0.3) is 0 Å². The Morgan fingerprint density at radius 2 is 2.33 bits per heavy atom. The Morgan fingerprint density at radius 1 is 1.53 bits per heavy atom. The minimum Gasteiger partial charge on any atom is -0.336 e. The van der Waals surface area contributed by atoms with Crippen LogP contribution in [0.3, 0.4) is 0 Å². The van der Waals surface area contributed by atoms with Gasteiger partial charge < -0.3 is 15.3 Å². The van der Waals surface area contributed by atoms with E-state index in [4.69, 9.17) is 5.73 Å². The van der Waals surface area contributed by atoms with E-state index in [2.05, 4.69) is 9.97 Å². The molecular formula is C10H12N4O. The molecular weight excluding hydrogens is 192 g/mol. The van der Waals surface area contributed by atoms with Crippen LogP contribution in [-0.2, 0) is 7.05 Å². The highest BCUT2D eigenvalue weighted by Gasteiger charge is 2.12. The van der Waals surface area contributed by atoms with Gasteiger partial charge in [-0.1, -0.05) is 6.07 Å². The Balaban J connectivity index is 2.36. The summed E-state index contributed by atoms with van der Waals surface area (Å²) in [6.07, 6.45) is 5.14. The van der Waals surface area contributed by atoms with Crippen molar-refractivity contribution in [2.24, 2.45) is 12.8 Å². The molecule has 0 aliphatic heterocycles. The van der Waals surface area contributed by atoms with Crippen LogP contribution in [0.15, 0.2) is 35.5 Å². The Bertz CT molecular complexity index is 494. The molecule has 0 radical (unpaired) electrons. The number of rotatable bonds is 2. The van der Waals surface area contributed by atoms with Crippen molar-refractivity contribution in [1.82, 2.24) is 14.5 Å². The monoisotopic (exact) mass is 204 g/mol. The van der Waals surface area contributed by atoms with Gasteiger partial charge in [-0.15, -0.1) is 0 Å². The molecule has 1 atom stereocenters. The minimum absolute atomic E-state index is 0.134. The predicted molar refractivity (Wildman–Crippen MR) is 56.3 cm³/mol. The molecule has 3 N–H and O–H groups in total. The zero-order chi connectivity index (χ0) is 10.8. The largest absolute Gasteiger partial charge is 0.336 e. The van der Waals surface area contributed by atoms with Crippen molar-refractivity contribution in [2.45, 2.75) is 6.04 Å². The van der Waals surface area contributed by atoms with Gasteiger partial charge >= 0.3 is 0 Å². The number of nitrogens with two attached hydrogens (primary N) is 1. The predicted octanol–water partition coefficient (Wildman–Crippen LogP) is 0.156. The highest BCUT2D eigenvalue weighted by molar-refractivity contribution is 5.21. The van der Waals surface area contributed by atoms with Crippen molar-refractivity contribution in [3.8, 4) is 0 Å². The Hall–Kier alpha value is -1.88. The van der Waals surface area contributed by atoms with Crippen LogP contribution in [0.2, 0.25) is 0 Å². The van der Waals surface area contributed by atoms with Gasteiger partial charge in [0.15, 0.2) is 0 Å². The number of hydrogen-bond acceptors (Lipinski definition) is 3. The van der Waals surface area contributed by atoms with Crippen LogP contribution in [0.5, 0.6) is 0 Å². The molecule has 0 bridgehead atoms. The molecule has 2 heterocycles. The van der Waals surface area contributed by atoms with Gasteiger partial charge in [0, 0.05) is 31.7 Å². The second-order valence-corrected chi connectivity index (χ2v) is 3.36. The van der Waals surface area contributed by atoms with Crippen molar-refractivity contribution < 1.29 is 0 Å². The molecule has 5 heteroatoms. The van der Waals surface area contributed by atoms with Gasteiger partial charge in [0.05, 0.1) is 6.04 Å². The second kappa shape index (κ2) is 3.70. The van der Waals surface area contributed by atoms with Gasteiger partial charge in [-0.2, -0.15) is 0 Å². The van der Waals surface area contributed by atoms with Gasteiger partial charge in [-0.25, -0.2) is 4.98 Å². The number of nitrogens with one attached hydrogen (secondary N) is 1. The third-order valence-corrected chi connectivity index (χ3v) is 2.30. The molecule has 0 fully saturated rings. The molecule has 15 heavy (non-hydrogen) atoms. The third kappa shape index (κ3) is 1.82. The number of imidazole rings is 1. The lowest BCUT2D eigenvalue weighted by Gasteiger charge is -2.11. The van der Waals surface area contributed by atoms with Crippen molar-refractivity contribution in [1.29, 1.82) is 0 Å². The van der Waals surface area contributed by atoms with Crippen LogP contribution < -0.4 is 11.3 Å². The maximum Gasteiger partial charge on any atom is 0.247 e. The maximum absolute atomic E-state index is 10.9. The Morgan fingerprint density at radius 3 is 2.87 bits per heavy atom. The summed E-state index contributed by atoms with van der Waals surface area (Å²) in [6.45, 7) is 0. The fourth-order valence-electron chi connectivity index (χ4n) is 1.44. The maximum atomic E-state index is 10.9. The molecule has 0 saturated carbocycles. The number of pyridine rings is 1. The lowest BCUT2D eigenvalue weighted by molar-refractivity contribution is 0.714. The van der Waals surface area contributed by atoms with Crippen LogP contribution in [0.4, 0.5) is 0 Å². The fraction of sp³-hybridized carbons (Fsp3) is 0.200. The average molecular weight is 204 g/mol. The zero-order valence-electron chi connectivity index (χ0n) is 8.34. The van der Waals surface area contributed by atoms with E-state index in [9.17, 15) is 4.79 Å². The van der Waals surface area contributed by atoms with Gasteiger partial charge in [0.1, 0.15) is 5.82 Å². The summed E-state index contributed by atoms with van der Waals surface area (Å²) in [5.74, 6) is 0.766. The molecule has 78 valence electrons. The van der Waals surface area contributed by atoms with E-state index in [0.717, 1.165) is 11.4 Å². The first kappa shape index (κ1) is 9.67. The van der Waals surface area contributed by atoms with Crippen molar-refractivity contribution in [2.75, 3.05) is 0 Å². The number of nitrogens with zero attached hydrogens (tertiary/aromatic N) is 2. The second-order valence-electron chi connectivity index (χ2n) is 3.36. The van der Waals surface area contributed by atoms with Gasteiger partial charge in [0.25, 0.3) is 0 Å². The Labute approximate surface area is 86.6 Å². The molecule has 0 aliphatic carbocycles. The number of H-pyrrole nitrogens is 1. The number of hydrogen-bond donors (Lipinski definition) is 2. The van der Waals surface area contributed by atoms with Gasteiger partial charge in [-0.3, -0.25) is 4.79 Å². The lowest BCUT2D eigenvalue weighted by Crippen LogP contribution is -2.18. The van der Waals surface area contributed by atoms with E-state index in [-0.39, 0.29) is 11.6 Å². The first-order valence-electron chi connectivity index (χ1n) is 4.60. The normalized spacial score (nSPS) is 12.7. The number of aryl methyl sites for hydroxylation is 1. The summed E-state index contributed by atoms with van der Waals surface area (Å²) >= 11 is 0. The third-order valence-electron chi connectivity index (χ3n) is 2.30. The summed E-state index contributed by atoms with van der Waals surface area (Å²) in [5, 5.41) is 0. The van der Waals surface area contributed by atoms with Crippen LogP contribution in [0.1, 0.15) is 17.4 Å². The van der Waals surface area contributed by atoms with Gasteiger partial charge in [0.2, 0.25) is 5.56 Å². The van der Waals surface area contributed by atoms with E-state index >= 15 is 0 Å². The highest BCUT2D eigenvalue weighted by Crippen LogP contribution is 2.14. The zero-order valence-corrected chi connectivity index (χ0v) is 8.34. The van der Waals surface area contributed by atoms with Crippen LogP contribution in [0, 0.1) is 0 Å². The summed E-state index contributed by atoms with van der Waals surface area (Å²) < 4.78 is 1.86. The highest BCUT2D eigenvalue weighted by atomic mass is 16.1. The van der Waals surface area contributed by atoms with Crippen LogP contribution >= 0.6 is 0 Å². The molecule has 2 aromatic heterocycles. The molecule has 0 spiro atoms. The topological polar surface area (TPSA) is 76.7 Å². The quantitative estimate of drug-likeness (QED) is 0.731. The average Bonchev–Trinajstić information content (AvgIpc) is 2.65. The lowest BCUT2D eigenvalue weighted by atomic mass is 10.1. The van der Waals surface area contributed by atoms with E-state index < -0.39 is 0 Å². The molecule has 2 aromatic rings. The SMILES string of the molecule is Cn1ccnc1C(N)c1ccc(=O)[nH]c1. The molecule has 0 amide bonds. The molecule has 2 rings (SSSR count). The first-order valence-corrected chi connectivity index (χ1v) is 4.60. The van der Waals surface area contributed by atoms with Crippen molar-refractivity contribution >= 4 is 0 Å². The van der Waals surface area contributed by atoms with E-state index in [1.807, 2.05) is 17.8 Å². The van der Waals surface area contributed by atoms with Crippen molar-refractivity contribution in [3.05, 3.63) is 52.5 Å². The summed E-state index contributed by atoms with van der Waals surface area (Å²) in [5.41, 5.74) is 6.71.